The van der Waals surface area contributed by atoms with Gasteiger partial charge in [0.2, 0.25) is 0 Å². The highest BCUT2D eigenvalue weighted by atomic mass is 35.5. The van der Waals surface area contributed by atoms with Crippen LogP contribution < -0.4 is 5.32 Å². The van der Waals surface area contributed by atoms with Gasteiger partial charge in [-0.25, -0.2) is 0 Å². The Bertz CT molecular complexity index is 712. The van der Waals surface area contributed by atoms with Crippen molar-refractivity contribution in [3.63, 3.8) is 0 Å². The number of carbonyl (C=O) groups excluding carboxylic acids is 1. The highest BCUT2D eigenvalue weighted by Crippen LogP contribution is 2.26. The molecule has 0 heterocycles. The summed E-state index contributed by atoms with van der Waals surface area (Å²) in [6.07, 6.45) is 0. The quantitative estimate of drug-likeness (QED) is 0.669. The van der Waals surface area contributed by atoms with Crippen LogP contribution in [0.1, 0.15) is 15.9 Å². The molecule has 5 nitrogen and oxygen atoms in total. The van der Waals surface area contributed by atoms with E-state index in [0.717, 1.165) is 0 Å². The van der Waals surface area contributed by atoms with E-state index in [2.05, 4.69) is 5.32 Å². The van der Waals surface area contributed by atoms with Crippen molar-refractivity contribution in [2.45, 2.75) is 6.92 Å². The van der Waals surface area contributed by atoms with Crippen molar-refractivity contribution >= 4 is 40.5 Å². The third-order valence-corrected chi connectivity index (χ3v) is 3.31. The van der Waals surface area contributed by atoms with Gasteiger partial charge in [0, 0.05) is 21.7 Å². The molecule has 0 aliphatic heterocycles. The Morgan fingerprint density at radius 2 is 1.81 bits per heavy atom. The maximum atomic E-state index is 12.2. The first-order valence-electron chi connectivity index (χ1n) is 5.90. The fourth-order valence-corrected chi connectivity index (χ4v) is 2.36. The molecule has 1 amide bonds. The van der Waals surface area contributed by atoms with Crippen LogP contribution in [-0.4, -0.2) is 10.8 Å². The average molecular weight is 325 g/mol. The third-order valence-electron chi connectivity index (χ3n) is 2.87. The number of halogens is 2. The maximum absolute atomic E-state index is 12.2. The van der Waals surface area contributed by atoms with Crippen LogP contribution in [-0.2, 0) is 0 Å². The molecule has 0 fully saturated rings. The van der Waals surface area contributed by atoms with Gasteiger partial charge >= 0.3 is 0 Å². The van der Waals surface area contributed by atoms with Gasteiger partial charge < -0.3 is 5.32 Å². The van der Waals surface area contributed by atoms with Crippen molar-refractivity contribution in [1.29, 1.82) is 0 Å². The standard InChI is InChI=1S/C14H10Cl2N2O3/c1-8-12(3-2-4-13(8)18(20)21)17-14(19)9-5-10(15)7-11(16)6-9/h2-7H,1H3,(H,17,19). The van der Waals surface area contributed by atoms with Gasteiger partial charge in [-0.05, 0) is 31.2 Å². The fraction of sp³-hybridized carbons (Fsp3) is 0.0714. The third kappa shape index (κ3) is 3.51. The van der Waals surface area contributed by atoms with Crippen LogP contribution in [0.15, 0.2) is 36.4 Å². The predicted octanol–water partition coefficient (Wildman–Crippen LogP) is 4.46. The summed E-state index contributed by atoms with van der Waals surface area (Å²) in [6, 6.07) is 8.92. The van der Waals surface area contributed by atoms with Crippen molar-refractivity contribution in [2.75, 3.05) is 5.32 Å². The molecule has 1 N–H and O–H groups in total. The van der Waals surface area contributed by atoms with Crippen molar-refractivity contribution in [3.8, 4) is 0 Å². The first-order valence-corrected chi connectivity index (χ1v) is 6.65. The summed E-state index contributed by atoms with van der Waals surface area (Å²) in [4.78, 5) is 22.5. The minimum atomic E-state index is -0.499. The van der Waals surface area contributed by atoms with Crippen LogP contribution in [0.4, 0.5) is 11.4 Å². The van der Waals surface area contributed by atoms with E-state index < -0.39 is 10.8 Å². The largest absolute Gasteiger partial charge is 0.321 e. The van der Waals surface area contributed by atoms with Crippen LogP contribution in [0.5, 0.6) is 0 Å². The summed E-state index contributed by atoms with van der Waals surface area (Å²) in [6.45, 7) is 1.57. The summed E-state index contributed by atoms with van der Waals surface area (Å²) in [7, 11) is 0. The molecule has 7 heteroatoms. The summed E-state index contributed by atoms with van der Waals surface area (Å²) in [5.74, 6) is -0.442. The van der Waals surface area contributed by atoms with Gasteiger partial charge in [-0.1, -0.05) is 29.3 Å². The van der Waals surface area contributed by atoms with Crippen LogP contribution in [0.2, 0.25) is 10.0 Å². The summed E-state index contributed by atoms with van der Waals surface area (Å²) >= 11 is 11.7. The lowest BCUT2D eigenvalue weighted by Crippen LogP contribution is -2.13. The van der Waals surface area contributed by atoms with E-state index in [-0.39, 0.29) is 11.3 Å². The molecule has 0 aliphatic carbocycles. The second-order valence-electron chi connectivity index (χ2n) is 4.32. The number of hydrogen-bond acceptors (Lipinski definition) is 3. The van der Waals surface area contributed by atoms with Crippen LogP contribution in [0, 0.1) is 17.0 Å². The molecular weight excluding hydrogens is 315 g/mol. The van der Waals surface area contributed by atoms with Gasteiger partial charge in [0.1, 0.15) is 0 Å². The normalized spacial score (nSPS) is 10.2. The molecule has 0 spiro atoms. The molecule has 0 saturated carbocycles. The van der Waals surface area contributed by atoms with E-state index in [4.69, 9.17) is 23.2 Å². The Morgan fingerprint density at radius 3 is 2.38 bits per heavy atom. The van der Waals surface area contributed by atoms with Gasteiger partial charge in [-0.15, -0.1) is 0 Å². The minimum Gasteiger partial charge on any atom is -0.321 e. The van der Waals surface area contributed by atoms with E-state index in [0.29, 0.717) is 21.3 Å². The van der Waals surface area contributed by atoms with Gasteiger partial charge in [0.15, 0.2) is 0 Å². The highest BCUT2D eigenvalue weighted by molar-refractivity contribution is 6.35. The van der Waals surface area contributed by atoms with Gasteiger partial charge in [-0.3, -0.25) is 14.9 Å². The van der Waals surface area contributed by atoms with Crippen molar-refractivity contribution < 1.29 is 9.72 Å². The molecule has 21 heavy (non-hydrogen) atoms. The van der Waals surface area contributed by atoms with Crippen LogP contribution in [0.3, 0.4) is 0 Å². The number of amides is 1. The topological polar surface area (TPSA) is 72.2 Å². The smallest absolute Gasteiger partial charge is 0.274 e. The number of hydrogen-bond donors (Lipinski definition) is 1. The summed E-state index contributed by atoms with van der Waals surface area (Å²) in [5.41, 5.74) is 0.963. The first kappa shape index (κ1) is 15.3. The molecule has 2 aromatic rings. The van der Waals surface area contributed by atoms with E-state index in [1.54, 1.807) is 13.0 Å². The van der Waals surface area contributed by atoms with Crippen molar-refractivity contribution in [1.82, 2.24) is 0 Å². The molecule has 0 radical (unpaired) electrons. The molecular formula is C14H10Cl2N2O3. The lowest BCUT2D eigenvalue weighted by molar-refractivity contribution is -0.385. The number of nitro groups is 1. The molecule has 0 bridgehead atoms. The SMILES string of the molecule is Cc1c(NC(=O)c2cc(Cl)cc(Cl)c2)cccc1[N+](=O)[O-]. The zero-order valence-corrected chi connectivity index (χ0v) is 12.4. The van der Waals surface area contributed by atoms with Crippen molar-refractivity contribution in [2.24, 2.45) is 0 Å². The molecule has 2 aromatic carbocycles. The predicted molar refractivity (Wildman–Crippen MR) is 82.2 cm³/mol. The molecule has 2 rings (SSSR count). The number of nitro benzene ring substituents is 1. The fourth-order valence-electron chi connectivity index (χ4n) is 1.84. The Kier molecular flexibility index (Phi) is 4.45. The van der Waals surface area contributed by atoms with E-state index in [1.165, 1.54) is 30.3 Å². The minimum absolute atomic E-state index is 0.0584. The van der Waals surface area contributed by atoms with Gasteiger partial charge in [0.25, 0.3) is 11.6 Å². The number of benzene rings is 2. The molecule has 108 valence electrons. The lowest BCUT2D eigenvalue weighted by atomic mass is 10.1. The number of rotatable bonds is 3. The molecule has 0 aromatic heterocycles. The van der Waals surface area contributed by atoms with Crippen LogP contribution in [0.25, 0.3) is 0 Å². The molecule has 0 saturated heterocycles. The lowest BCUT2D eigenvalue weighted by Gasteiger charge is -2.09. The zero-order chi connectivity index (χ0) is 15.6. The van der Waals surface area contributed by atoms with Gasteiger partial charge in [-0.2, -0.15) is 0 Å². The monoisotopic (exact) mass is 324 g/mol. The second kappa shape index (κ2) is 6.11. The number of carbonyl (C=O) groups is 1. The Labute approximate surface area is 130 Å². The molecule has 0 atom stereocenters. The number of nitrogens with one attached hydrogen (secondary N) is 1. The Balaban J connectivity index is 2.32. The molecule has 0 unspecified atom stereocenters. The molecule has 0 aliphatic rings. The van der Waals surface area contributed by atoms with Crippen LogP contribution >= 0.6 is 23.2 Å². The average Bonchev–Trinajstić information content (AvgIpc) is 2.39. The Hall–Kier alpha value is -2.11. The van der Waals surface area contributed by atoms with Crippen molar-refractivity contribution in [3.05, 3.63) is 67.7 Å². The zero-order valence-electron chi connectivity index (χ0n) is 10.9. The second-order valence-corrected chi connectivity index (χ2v) is 5.19. The Morgan fingerprint density at radius 1 is 1.19 bits per heavy atom. The highest BCUT2D eigenvalue weighted by Gasteiger charge is 2.16. The number of nitrogens with zero attached hydrogens (tertiary/aromatic N) is 1. The first-order chi connectivity index (χ1) is 9.88. The summed E-state index contributed by atoms with van der Waals surface area (Å²) < 4.78 is 0. The van der Waals surface area contributed by atoms with E-state index >= 15 is 0 Å². The maximum Gasteiger partial charge on any atom is 0.274 e. The van der Waals surface area contributed by atoms with E-state index in [9.17, 15) is 14.9 Å². The van der Waals surface area contributed by atoms with E-state index in [1.807, 2.05) is 0 Å². The van der Waals surface area contributed by atoms with Gasteiger partial charge in [0.05, 0.1) is 16.2 Å². The summed E-state index contributed by atoms with van der Waals surface area (Å²) in [5, 5.41) is 14.2. The number of anilines is 1.